The molecule has 0 spiro atoms. The molecule has 1 aromatic carbocycles. The van der Waals surface area contributed by atoms with Crippen molar-refractivity contribution in [1.29, 1.82) is 0 Å². The summed E-state index contributed by atoms with van der Waals surface area (Å²) in [6.07, 6.45) is 1.77. The molecule has 0 N–H and O–H groups in total. The number of aromatic nitrogens is 3. The Balaban J connectivity index is 1.73. The van der Waals surface area contributed by atoms with Crippen LogP contribution in [0.25, 0.3) is 5.69 Å². The molecular weight excluding hydrogens is 380 g/mol. The Morgan fingerprint density at radius 2 is 2.00 bits per heavy atom. The largest absolute Gasteiger partial charge is 0.282 e. The zero-order chi connectivity index (χ0) is 15.5. The molecule has 22 heavy (non-hydrogen) atoms. The number of para-hydroxylation sites is 1. The summed E-state index contributed by atoms with van der Waals surface area (Å²) in [5, 5.41) is 4.41. The van der Waals surface area contributed by atoms with Gasteiger partial charge in [-0.15, -0.1) is 11.3 Å². The Labute approximate surface area is 146 Å². The number of thiophene rings is 1. The van der Waals surface area contributed by atoms with Crippen molar-refractivity contribution in [3.8, 4) is 5.69 Å². The molecule has 4 nitrogen and oxygen atoms in total. The third-order valence-corrected chi connectivity index (χ3v) is 5.21. The first-order chi connectivity index (χ1) is 10.6. The lowest BCUT2D eigenvalue weighted by Crippen LogP contribution is -2.22. The van der Waals surface area contributed by atoms with Gasteiger partial charge >= 0.3 is 0 Å². The topological polar surface area (TPSA) is 26.0 Å². The number of benzene rings is 1. The van der Waals surface area contributed by atoms with Gasteiger partial charge in [0.2, 0.25) is 4.77 Å². The van der Waals surface area contributed by atoms with Gasteiger partial charge in [-0.3, -0.25) is 9.47 Å². The van der Waals surface area contributed by atoms with Crippen molar-refractivity contribution in [2.45, 2.75) is 13.2 Å². The normalized spacial score (nSPS) is 11.2. The van der Waals surface area contributed by atoms with Gasteiger partial charge in [-0.05, 0) is 59.5 Å². The molecule has 0 aliphatic carbocycles. The van der Waals surface area contributed by atoms with Gasteiger partial charge in [-0.1, -0.05) is 18.2 Å². The minimum Gasteiger partial charge on any atom is -0.282 e. The highest BCUT2D eigenvalue weighted by atomic mass is 79.9. The van der Waals surface area contributed by atoms with Crippen molar-refractivity contribution in [3.05, 3.63) is 62.2 Å². The van der Waals surface area contributed by atoms with Crippen molar-refractivity contribution < 1.29 is 0 Å². The molecule has 2 aromatic heterocycles. The molecule has 0 bridgehead atoms. The zero-order valence-electron chi connectivity index (χ0n) is 12.0. The van der Waals surface area contributed by atoms with Crippen molar-refractivity contribution in [2.24, 2.45) is 0 Å². The van der Waals surface area contributed by atoms with E-state index in [1.165, 1.54) is 4.88 Å². The third-order valence-electron chi connectivity index (χ3n) is 3.20. The summed E-state index contributed by atoms with van der Waals surface area (Å²) in [6.45, 7) is 1.53. The van der Waals surface area contributed by atoms with Gasteiger partial charge < -0.3 is 0 Å². The SMILES string of the molecule is CN(Cc1ccc(Br)s1)Cn1ncn(-c2ccccc2)c1=S. The van der Waals surface area contributed by atoms with Crippen molar-refractivity contribution >= 4 is 39.5 Å². The van der Waals surface area contributed by atoms with Gasteiger partial charge in [-0.25, -0.2) is 4.68 Å². The summed E-state index contributed by atoms with van der Waals surface area (Å²) in [5.41, 5.74) is 1.03. The molecule has 7 heteroatoms. The third kappa shape index (κ3) is 3.55. The van der Waals surface area contributed by atoms with Crippen LogP contribution < -0.4 is 0 Å². The van der Waals surface area contributed by atoms with Crippen LogP contribution in [0.2, 0.25) is 0 Å². The fourth-order valence-electron chi connectivity index (χ4n) is 2.18. The predicted molar refractivity (Wildman–Crippen MR) is 95.9 cm³/mol. The Morgan fingerprint density at radius 1 is 1.23 bits per heavy atom. The van der Waals surface area contributed by atoms with E-state index in [2.05, 4.69) is 45.1 Å². The van der Waals surface area contributed by atoms with Gasteiger partial charge in [0.15, 0.2) is 0 Å². The number of halogens is 1. The number of hydrogen-bond donors (Lipinski definition) is 0. The molecule has 0 fully saturated rings. The maximum absolute atomic E-state index is 5.53. The lowest BCUT2D eigenvalue weighted by molar-refractivity contribution is 0.246. The Morgan fingerprint density at radius 3 is 2.68 bits per heavy atom. The number of hydrogen-bond acceptors (Lipinski definition) is 4. The fraction of sp³-hybridized carbons (Fsp3) is 0.200. The average Bonchev–Trinajstić information content (AvgIpc) is 3.07. The Kier molecular flexibility index (Phi) is 4.87. The van der Waals surface area contributed by atoms with E-state index in [0.717, 1.165) is 16.0 Å². The molecular formula is C15H15BrN4S2. The van der Waals surface area contributed by atoms with Gasteiger partial charge in [0.1, 0.15) is 6.33 Å². The molecule has 2 heterocycles. The van der Waals surface area contributed by atoms with E-state index in [0.29, 0.717) is 11.4 Å². The second-order valence-electron chi connectivity index (χ2n) is 4.98. The van der Waals surface area contributed by atoms with Gasteiger partial charge in [0, 0.05) is 17.1 Å². The summed E-state index contributed by atoms with van der Waals surface area (Å²) in [7, 11) is 2.07. The van der Waals surface area contributed by atoms with Gasteiger partial charge in [-0.2, -0.15) is 5.10 Å². The van der Waals surface area contributed by atoms with Crippen LogP contribution in [0.4, 0.5) is 0 Å². The summed E-state index contributed by atoms with van der Waals surface area (Å²) in [4.78, 5) is 3.50. The predicted octanol–water partition coefficient (Wildman–Crippen LogP) is 4.32. The van der Waals surface area contributed by atoms with Crippen molar-refractivity contribution in [1.82, 2.24) is 19.2 Å². The molecule has 3 rings (SSSR count). The highest BCUT2D eigenvalue weighted by Crippen LogP contribution is 2.23. The lowest BCUT2D eigenvalue weighted by Gasteiger charge is -2.15. The van der Waals surface area contributed by atoms with E-state index < -0.39 is 0 Å². The first-order valence-electron chi connectivity index (χ1n) is 6.76. The Hall–Kier alpha value is -1.28. The van der Waals surface area contributed by atoms with E-state index >= 15 is 0 Å². The Bertz CT molecular complexity index is 806. The molecule has 0 saturated carbocycles. The monoisotopic (exact) mass is 394 g/mol. The molecule has 0 amide bonds. The summed E-state index contributed by atoms with van der Waals surface area (Å²) in [6, 6.07) is 14.2. The first-order valence-corrected chi connectivity index (χ1v) is 8.78. The van der Waals surface area contributed by atoms with E-state index in [1.54, 1.807) is 17.7 Å². The molecule has 0 aliphatic heterocycles. The van der Waals surface area contributed by atoms with Crippen LogP contribution in [-0.4, -0.2) is 26.3 Å². The molecule has 0 atom stereocenters. The molecule has 0 aliphatic rings. The second kappa shape index (κ2) is 6.87. The van der Waals surface area contributed by atoms with E-state index in [9.17, 15) is 0 Å². The molecule has 0 radical (unpaired) electrons. The number of nitrogens with zero attached hydrogens (tertiary/aromatic N) is 4. The minimum atomic E-state index is 0.661. The zero-order valence-corrected chi connectivity index (χ0v) is 15.2. The van der Waals surface area contributed by atoms with Crippen LogP contribution in [0.15, 0.2) is 52.6 Å². The molecule has 0 saturated heterocycles. The molecule has 0 unspecified atom stereocenters. The summed E-state index contributed by atoms with van der Waals surface area (Å²) >= 11 is 10.8. The summed E-state index contributed by atoms with van der Waals surface area (Å²) < 4.78 is 5.61. The van der Waals surface area contributed by atoms with Crippen LogP contribution in [0.5, 0.6) is 0 Å². The van der Waals surface area contributed by atoms with Gasteiger partial charge in [0.25, 0.3) is 0 Å². The first kappa shape index (κ1) is 15.6. The van der Waals surface area contributed by atoms with Crippen LogP contribution in [0.1, 0.15) is 4.88 Å². The second-order valence-corrected chi connectivity index (χ2v) is 7.89. The van der Waals surface area contributed by atoms with Gasteiger partial charge in [0.05, 0.1) is 10.5 Å². The van der Waals surface area contributed by atoms with Crippen LogP contribution >= 0.6 is 39.5 Å². The quantitative estimate of drug-likeness (QED) is 0.602. The smallest absolute Gasteiger partial charge is 0.203 e. The van der Waals surface area contributed by atoms with Crippen LogP contribution in [-0.2, 0) is 13.2 Å². The maximum atomic E-state index is 5.53. The summed E-state index contributed by atoms with van der Waals surface area (Å²) in [5.74, 6) is 0. The van der Waals surface area contributed by atoms with Crippen molar-refractivity contribution in [2.75, 3.05) is 7.05 Å². The minimum absolute atomic E-state index is 0.661. The van der Waals surface area contributed by atoms with E-state index in [1.807, 2.05) is 39.6 Å². The molecule has 114 valence electrons. The van der Waals surface area contributed by atoms with Crippen molar-refractivity contribution in [3.63, 3.8) is 0 Å². The van der Waals surface area contributed by atoms with E-state index in [4.69, 9.17) is 12.2 Å². The number of rotatable bonds is 5. The highest BCUT2D eigenvalue weighted by Gasteiger charge is 2.07. The fourth-order valence-corrected chi connectivity index (χ4v) is 4.00. The highest BCUT2D eigenvalue weighted by molar-refractivity contribution is 9.11. The van der Waals surface area contributed by atoms with E-state index in [-0.39, 0.29) is 0 Å². The standard InChI is InChI=1S/C15H15BrN4S2/c1-18(9-13-7-8-14(16)22-13)11-20-15(21)19(10-17-20)12-5-3-2-4-6-12/h2-8,10H,9,11H2,1H3. The average molecular weight is 395 g/mol. The lowest BCUT2D eigenvalue weighted by atomic mass is 10.3. The maximum Gasteiger partial charge on any atom is 0.203 e. The van der Waals surface area contributed by atoms with Crippen LogP contribution in [0, 0.1) is 4.77 Å². The van der Waals surface area contributed by atoms with Crippen LogP contribution in [0.3, 0.4) is 0 Å². The molecule has 3 aromatic rings.